The van der Waals surface area contributed by atoms with Crippen molar-refractivity contribution in [1.82, 2.24) is 0 Å². The molecule has 62 valence electrons. The van der Waals surface area contributed by atoms with Crippen molar-refractivity contribution < 1.29 is 5.11 Å². The maximum atomic E-state index is 8.73. The van der Waals surface area contributed by atoms with E-state index in [1.165, 1.54) is 9.77 Å². The maximum absolute atomic E-state index is 8.73. The van der Waals surface area contributed by atoms with E-state index in [1.54, 1.807) is 11.3 Å². The summed E-state index contributed by atoms with van der Waals surface area (Å²) in [6, 6.07) is 2.13. The Balaban J connectivity index is 2.62. The molecule has 11 heavy (non-hydrogen) atoms. The van der Waals surface area contributed by atoms with Crippen LogP contribution in [-0.4, -0.2) is 17.5 Å². The number of hydrogen-bond donors (Lipinski definition) is 1. The predicted octanol–water partition coefficient (Wildman–Crippen LogP) is 2.39. The predicted molar refractivity (Wildman–Crippen MR) is 51.5 cm³/mol. The maximum Gasteiger partial charge on any atom is 0.0479 e. The van der Waals surface area contributed by atoms with E-state index < -0.39 is 0 Å². The molecule has 0 bridgehead atoms. The van der Waals surface area contributed by atoms with Gasteiger partial charge in [-0.05, 0) is 17.2 Å². The summed E-state index contributed by atoms with van der Waals surface area (Å²) < 4.78 is 0. The molecule has 1 heterocycles. The van der Waals surface area contributed by atoms with E-state index in [-0.39, 0.29) is 6.61 Å². The fraction of sp³-hybridized carbons (Fsp3) is 0.500. The van der Waals surface area contributed by atoms with Crippen molar-refractivity contribution in [3.05, 3.63) is 16.3 Å². The molecule has 0 fully saturated rings. The Kier molecular flexibility index (Phi) is 3.97. The van der Waals surface area contributed by atoms with E-state index in [0.717, 1.165) is 12.2 Å². The highest BCUT2D eigenvalue weighted by Gasteiger charge is 2.01. The molecule has 0 unspecified atom stereocenters. The smallest absolute Gasteiger partial charge is 0.0479 e. The molecule has 3 heteroatoms. The average molecular weight is 188 g/mol. The van der Waals surface area contributed by atoms with E-state index in [9.17, 15) is 0 Å². The van der Waals surface area contributed by atoms with Crippen molar-refractivity contribution >= 4 is 23.1 Å². The quantitative estimate of drug-likeness (QED) is 0.732. The molecule has 0 saturated carbocycles. The SMILES string of the molecule is CCSc1ccsc1CCO. The first-order valence-electron chi connectivity index (χ1n) is 3.68. The van der Waals surface area contributed by atoms with E-state index in [4.69, 9.17) is 5.11 Å². The lowest BCUT2D eigenvalue weighted by molar-refractivity contribution is 0.300. The normalized spacial score (nSPS) is 10.4. The molecule has 1 rings (SSSR count). The first kappa shape index (κ1) is 9.10. The second-order valence-corrected chi connectivity index (χ2v) is 4.42. The fourth-order valence-electron chi connectivity index (χ4n) is 0.897. The highest BCUT2D eigenvalue weighted by atomic mass is 32.2. The third-order valence-corrected chi connectivity index (χ3v) is 3.44. The first-order chi connectivity index (χ1) is 5.38. The van der Waals surface area contributed by atoms with Gasteiger partial charge >= 0.3 is 0 Å². The number of aliphatic hydroxyl groups excluding tert-OH is 1. The number of thioether (sulfide) groups is 1. The van der Waals surface area contributed by atoms with Crippen molar-refractivity contribution in [1.29, 1.82) is 0 Å². The van der Waals surface area contributed by atoms with Crippen LogP contribution in [0.25, 0.3) is 0 Å². The van der Waals surface area contributed by atoms with Crippen LogP contribution < -0.4 is 0 Å². The van der Waals surface area contributed by atoms with Crippen LogP contribution in [0.15, 0.2) is 16.3 Å². The molecular formula is C8H12OS2. The second-order valence-electron chi connectivity index (χ2n) is 2.11. The lowest BCUT2D eigenvalue weighted by Crippen LogP contribution is -1.87. The molecule has 0 aliphatic carbocycles. The van der Waals surface area contributed by atoms with Gasteiger partial charge in [-0.2, -0.15) is 0 Å². The Morgan fingerprint density at radius 1 is 1.64 bits per heavy atom. The summed E-state index contributed by atoms with van der Waals surface area (Å²) in [6.07, 6.45) is 0.806. The van der Waals surface area contributed by atoms with Gasteiger partial charge in [0.15, 0.2) is 0 Å². The van der Waals surface area contributed by atoms with Gasteiger partial charge in [0.2, 0.25) is 0 Å². The molecule has 1 aromatic rings. The summed E-state index contributed by atoms with van der Waals surface area (Å²) in [4.78, 5) is 2.66. The molecule has 1 nitrogen and oxygen atoms in total. The molecule has 0 aromatic carbocycles. The van der Waals surface area contributed by atoms with Crippen LogP contribution in [0, 0.1) is 0 Å². The van der Waals surface area contributed by atoms with E-state index >= 15 is 0 Å². The Labute approximate surface area is 75.4 Å². The number of hydrogen-bond acceptors (Lipinski definition) is 3. The van der Waals surface area contributed by atoms with Crippen molar-refractivity contribution in [3.63, 3.8) is 0 Å². The highest BCUT2D eigenvalue weighted by molar-refractivity contribution is 7.99. The molecule has 1 N–H and O–H groups in total. The van der Waals surface area contributed by atoms with Gasteiger partial charge in [-0.15, -0.1) is 23.1 Å². The summed E-state index contributed by atoms with van der Waals surface area (Å²) in [5.41, 5.74) is 0. The standard InChI is InChI=1S/C8H12OS2/c1-2-10-8-4-6-11-7(8)3-5-9/h4,6,9H,2-3,5H2,1H3. The topological polar surface area (TPSA) is 20.2 Å². The van der Waals surface area contributed by atoms with Crippen LogP contribution in [0.4, 0.5) is 0 Å². The molecule has 0 aliphatic heterocycles. The van der Waals surface area contributed by atoms with Gasteiger partial charge in [0.1, 0.15) is 0 Å². The Bertz CT molecular complexity index is 187. The lowest BCUT2D eigenvalue weighted by Gasteiger charge is -1.98. The van der Waals surface area contributed by atoms with Crippen LogP contribution in [0.2, 0.25) is 0 Å². The fourth-order valence-corrected chi connectivity index (χ4v) is 2.80. The van der Waals surface area contributed by atoms with Gasteiger partial charge in [0, 0.05) is 22.8 Å². The van der Waals surface area contributed by atoms with Crippen molar-refractivity contribution in [3.8, 4) is 0 Å². The second kappa shape index (κ2) is 4.80. The zero-order chi connectivity index (χ0) is 8.10. The minimum absolute atomic E-state index is 0.262. The molecule has 1 aromatic heterocycles. The van der Waals surface area contributed by atoms with Crippen LogP contribution >= 0.6 is 23.1 Å². The third kappa shape index (κ3) is 2.51. The van der Waals surface area contributed by atoms with Crippen molar-refractivity contribution in [2.24, 2.45) is 0 Å². The Morgan fingerprint density at radius 2 is 2.45 bits per heavy atom. The van der Waals surface area contributed by atoms with Gasteiger partial charge in [-0.1, -0.05) is 6.92 Å². The molecule has 0 amide bonds. The zero-order valence-corrected chi connectivity index (χ0v) is 8.17. The Morgan fingerprint density at radius 3 is 3.09 bits per heavy atom. The van der Waals surface area contributed by atoms with Gasteiger partial charge in [-0.3, -0.25) is 0 Å². The number of aliphatic hydroxyl groups is 1. The number of rotatable bonds is 4. The van der Waals surface area contributed by atoms with Gasteiger partial charge in [0.25, 0.3) is 0 Å². The van der Waals surface area contributed by atoms with Gasteiger partial charge in [-0.25, -0.2) is 0 Å². The van der Waals surface area contributed by atoms with E-state index in [0.29, 0.717) is 0 Å². The summed E-state index contributed by atoms with van der Waals surface area (Å²) >= 11 is 3.58. The van der Waals surface area contributed by atoms with Gasteiger partial charge < -0.3 is 5.11 Å². The van der Waals surface area contributed by atoms with Crippen molar-refractivity contribution in [2.75, 3.05) is 12.4 Å². The van der Waals surface area contributed by atoms with Crippen molar-refractivity contribution in [2.45, 2.75) is 18.2 Å². The monoisotopic (exact) mass is 188 g/mol. The molecule has 0 spiro atoms. The van der Waals surface area contributed by atoms with Gasteiger partial charge in [0.05, 0.1) is 0 Å². The van der Waals surface area contributed by atoms with Crippen LogP contribution in [0.5, 0.6) is 0 Å². The summed E-state index contributed by atoms with van der Waals surface area (Å²) in [5.74, 6) is 1.11. The lowest BCUT2D eigenvalue weighted by atomic mass is 10.4. The minimum atomic E-state index is 0.262. The van der Waals surface area contributed by atoms with Crippen LogP contribution in [-0.2, 0) is 6.42 Å². The molecule has 0 atom stereocenters. The highest BCUT2D eigenvalue weighted by Crippen LogP contribution is 2.27. The summed E-state index contributed by atoms with van der Waals surface area (Å²) in [5, 5.41) is 10.8. The van der Waals surface area contributed by atoms with Crippen LogP contribution in [0.3, 0.4) is 0 Å². The van der Waals surface area contributed by atoms with E-state index in [2.05, 4.69) is 18.4 Å². The molecular weight excluding hydrogens is 176 g/mol. The third-order valence-electron chi connectivity index (χ3n) is 1.34. The molecule has 0 saturated heterocycles. The largest absolute Gasteiger partial charge is 0.396 e. The molecule has 0 aliphatic rings. The summed E-state index contributed by atoms with van der Waals surface area (Å²) in [7, 11) is 0. The first-order valence-corrected chi connectivity index (χ1v) is 5.55. The Hall–Kier alpha value is 0.01000. The van der Waals surface area contributed by atoms with Crippen LogP contribution in [0.1, 0.15) is 11.8 Å². The minimum Gasteiger partial charge on any atom is -0.396 e. The zero-order valence-electron chi connectivity index (χ0n) is 6.54. The average Bonchev–Trinajstić information content (AvgIpc) is 2.39. The summed E-state index contributed by atoms with van der Waals surface area (Å²) in [6.45, 7) is 2.41. The molecule has 0 radical (unpaired) electrons. The van der Waals surface area contributed by atoms with E-state index in [1.807, 2.05) is 11.8 Å². The number of thiophene rings is 1.